The first kappa shape index (κ1) is 107. The average molecular weight is 1940 g/mol. The van der Waals surface area contributed by atoms with Crippen LogP contribution in [0.4, 0.5) is 21.9 Å². The number of carbonyl (C=O) groups excluding carboxylic acids is 10. The standard InChI is InChI=1S/C109H126N10O23/c120-99(39-42-105(126)117-75-88-23-4-1-17-82(88)33-36-85-20-7-14-30-96(85)117)110-48-57-130-63-69-136-72-66-133-60-51-113-102(123)45-54-139-79-109(116-108(129)142-78-95-93-28-12-10-26-91(93)92-27-11-13-29-94(92)95,80-140-55-46-103(124)114-52-61-134-67-73-137-70-64-131-58-49-111-100(121)40-43-106(127)118-76-89-24-5-2-18-83(89)34-37-86-21-8-15-31-97(86)118)81-141-56-47-104(125)115-53-62-135-68-74-138-71-65-132-59-50-112-101(122)41-44-107(128)119-77-90-25-6-3-19-84(90)35-38-87-22-9-16-32-98(87)119/h1-32,95H,39-81H2,(H,110,120)(H,111,121)(H,112,122)(H,113,123)(H,114,124)(H,115,125)(H,116,129). The number of ether oxygens (including phenoxy) is 13. The van der Waals surface area contributed by atoms with Crippen molar-refractivity contribution in [3.63, 3.8) is 0 Å². The number of nitrogens with zero attached hydrogens (tertiary/aromatic N) is 3. The highest BCUT2D eigenvalue weighted by Crippen LogP contribution is 2.45. The molecule has 4 aliphatic rings. The lowest BCUT2D eigenvalue weighted by Crippen LogP contribution is -2.59. The summed E-state index contributed by atoms with van der Waals surface area (Å²) < 4.78 is 75.6. The van der Waals surface area contributed by atoms with Crippen molar-refractivity contribution in [2.24, 2.45) is 0 Å². The molecule has 0 aromatic heterocycles. The Hall–Kier alpha value is -13.5. The second-order valence-electron chi connectivity index (χ2n) is 33.5. The van der Waals surface area contributed by atoms with Gasteiger partial charge in [0.05, 0.1) is 195 Å². The SMILES string of the molecule is O=C(CCOCC(COCCC(=O)NCCOCCOCCOCCNC(=O)CCC(=O)N1Cc2ccccc2C#Cc2ccccc21)(COCCC(=O)NCCOCCOCCOCCNC(=O)CCC(=O)N1Cc2ccccc2C#Cc2ccccc21)NC(=O)OCC1c2ccccc2-c2ccccc21)NCCOCCOCCOCCNC(=O)CCC(=O)N1Cc2ccccc2C#Cc2ccccc21. The first-order chi connectivity index (χ1) is 69.6. The Morgan fingerprint density at radius 1 is 0.261 bits per heavy atom. The molecular weight excluding hydrogens is 1820 g/mol. The summed E-state index contributed by atoms with van der Waals surface area (Å²) in [6, 6.07) is 61.5. The van der Waals surface area contributed by atoms with Gasteiger partial charge in [-0.2, -0.15) is 0 Å². The van der Waals surface area contributed by atoms with Crippen molar-refractivity contribution in [3.05, 3.63) is 255 Å². The normalized spacial score (nSPS) is 12.4. The van der Waals surface area contributed by atoms with Crippen LogP contribution in [0.1, 0.15) is 125 Å². The van der Waals surface area contributed by atoms with Gasteiger partial charge in [-0.3, -0.25) is 43.2 Å². The topological polar surface area (TPSA) is 385 Å². The Morgan fingerprint density at radius 2 is 0.500 bits per heavy atom. The minimum absolute atomic E-state index is 0.0116. The van der Waals surface area contributed by atoms with E-state index in [9.17, 15) is 47.9 Å². The van der Waals surface area contributed by atoms with Gasteiger partial charge in [-0.1, -0.05) is 175 Å². The minimum atomic E-state index is -1.52. The molecule has 7 N–H and O–H groups in total. The van der Waals surface area contributed by atoms with Crippen molar-refractivity contribution in [2.45, 2.75) is 88.9 Å². The number of benzene rings is 8. The predicted octanol–water partition coefficient (Wildman–Crippen LogP) is 8.51. The van der Waals surface area contributed by atoms with Gasteiger partial charge in [0.25, 0.3) is 0 Å². The fraction of sp³-hybridized carbons (Fsp3) is 0.413. The van der Waals surface area contributed by atoms with Crippen LogP contribution in [0, 0.1) is 35.5 Å². The number of para-hydroxylation sites is 3. The van der Waals surface area contributed by atoms with Crippen LogP contribution < -0.4 is 51.9 Å². The van der Waals surface area contributed by atoms with Gasteiger partial charge in [-0.05, 0) is 93.5 Å². The molecule has 12 rings (SSSR count). The monoisotopic (exact) mass is 1940 g/mol. The number of amides is 10. The molecule has 8 aromatic carbocycles. The predicted molar refractivity (Wildman–Crippen MR) is 531 cm³/mol. The van der Waals surface area contributed by atoms with E-state index in [1.807, 2.05) is 194 Å². The maximum absolute atomic E-state index is 14.3. The van der Waals surface area contributed by atoms with E-state index in [4.69, 9.17) is 61.6 Å². The second kappa shape index (κ2) is 60.6. The molecule has 0 unspecified atom stereocenters. The molecule has 0 fully saturated rings. The third-order valence-electron chi connectivity index (χ3n) is 23.1. The summed E-state index contributed by atoms with van der Waals surface area (Å²) >= 11 is 0. The number of alkyl carbamates (subject to hydrolysis) is 1. The van der Waals surface area contributed by atoms with Crippen molar-refractivity contribution in [2.75, 3.05) is 219 Å². The van der Waals surface area contributed by atoms with Crippen molar-refractivity contribution in [1.82, 2.24) is 37.2 Å². The number of fused-ring (bicyclic) bond motifs is 9. The van der Waals surface area contributed by atoms with Crippen LogP contribution in [-0.2, 0) is 124 Å². The molecule has 0 atom stereocenters. The maximum atomic E-state index is 14.3. The lowest BCUT2D eigenvalue weighted by atomic mass is 9.98. The Bertz CT molecular complexity index is 5190. The van der Waals surface area contributed by atoms with Gasteiger partial charge in [0.15, 0.2) is 0 Å². The average Bonchev–Trinajstić information content (AvgIpc) is 1.61. The third-order valence-corrected chi connectivity index (χ3v) is 23.1. The van der Waals surface area contributed by atoms with Gasteiger partial charge >= 0.3 is 6.09 Å². The highest BCUT2D eigenvalue weighted by atomic mass is 16.6. The Morgan fingerprint density at radius 3 is 0.796 bits per heavy atom. The van der Waals surface area contributed by atoms with Crippen LogP contribution in [0.5, 0.6) is 0 Å². The fourth-order valence-corrected chi connectivity index (χ4v) is 15.8. The lowest BCUT2D eigenvalue weighted by Gasteiger charge is -2.34. The van der Waals surface area contributed by atoms with E-state index in [0.717, 1.165) is 72.3 Å². The molecule has 1 aliphatic carbocycles. The molecule has 3 heterocycles. The summed E-state index contributed by atoms with van der Waals surface area (Å²) in [4.78, 5) is 138. The molecule has 0 bridgehead atoms. The zero-order chi connectivity index (χ0) is 99.2. The molecule has 142 heavy (non-hydrogen) atoms. The fourth-order valence-electron chi connectivity index (χ4n) is 15.8. The van der Waals surface area contributed by atoms with Gasteiger partial charge in [-0.15, -0.1) is 0 Å². The Kier molecular flexibility index (Phi) is 45.8. The van der Waals surface area contributed by atoms with Gasteiger partial charge in [0.2, 0.25) is 53.2 Å². The summed E-state index contributed by atoms with van der Waals surface area (Å²) in [6.45, 7) is 5.60. The highest BCUT2D eigenvalue weighted by molar-refractivity contribution is 5.99. The van der Waals surface area contributed by atoms with Crippen molar-refractivity contribution in [1.29, 1.82) is 0 Å². The van der Waals surface area contributed by atoms with E-state index in [-0.39, 0.29) is 321 Å². The maximum Gasteiger partial charge on any atom is 0.407 e. The molecule has 0 spiro atoms. The first-order valence-corrected chi connectivity index (χ1v) is 48.3. The summed E-state index contributed by atoms with van der Waals surface area (Å²) in [7, 11) is 0. The van der Waals surface area contributed by atoms with Crippen LogP contribution in [0.2, 0.25) is 0 Å². The van der Waals surface area contributed by atoms with Crippen molar-refractivity contribution in [3.8, 4) is 46.6 Å². The molecule has 0 saturated heterocycles. The lowest BCUT2D eigenvalue weighted by molar-refractivity contribution is -0.125. The van der Waals surface area contributed by atoms with Crippen LogP contribution in [-0.4, -0.2) is 269 Å². The molecule has 3 aliphatic heterocycles. The summed E-state index contributed by atoms with van der Waals surface area (Å²) in [5.74, 6) is 16.6. The van der Waals surface area contributed by atoms with E-state index >= 15 is 0 Å². The minimum Gasteiger partial charge on any atom is -0.449 e. The summed E-state index contributed by atoms with van der Waals surface area (Å²) in [6.07, 6.45) is -0.996. The number of nitrogens with one attached hydrogen (secondary N) is 7. The molecule has 10 amide bonds. The van der Waals surface area contributed by atoms with Gasteiger partial charge in [0.1, 0.15) is 12.1 Å². The molecule has 0 radical (unpaired) electrons. The molecular formula is C109H126N10O23. The number of anilines is 3. The molecule has 8 aromatic rings. The Labute approximate surface area is 828 Å². The van der Waals surface area contributed by atoms with Crippen LogP contribution in [0.15, 0.2) is 194 Å². The van der Waals surface area contributed by atoms with Gasteiger partial charge in [-0.25, -0.2) is 4.79 Å². The van der Waals surface area contributed by atoms with E-state index in [0.29, 0.717) is 36.7 Å². The number of carbonyl (C=O) groups is 10. The zero-order valence-electron chi connectivity index (χ0n) is 80.2. The quantitative estimate of drug-likeness (QED) is 0.0139. The largest absolute Gasteiger partial charge is 0.449 e. The van der Waals surface area contributed by atoms with Crippen LogP contribution >= 0.6 is 0 Å². The Balaban J connectivity index is 0.535. The zero-order valence-corrected chi connectivity index (χ0v) is 80.2. The third kappa shape index (κ3) is 36.2. The van der Waals surface area contributed by atoms with Crippen LogP contribution in [0.25, 0.3) is 11.1 Å². The smallest absolute Gasteiger partial charge is 0.407 e. The molecule has 33 heteroatoms. The van der Waals surface area contributed by atoms with Crippen molar-refractivity contribution >= 4 is 76.3 Å². The van der Waals surface area contributed by atoms with Gasteiger partial charge in [0, 0.05) is 136 Å². The molecule has 33 nitrogen and oxygen atoms in total. The van der Waals surface area contributed by atoms with E-state index in [1.165, 1.54) is 0 Å². The van der Waals surface area contributed by atoms with E-state index in [2.05, 4.69) is 72.7 Å². The first-order valence-electron chi connectivity index (χ1n) is 48.3. The number of hydrogen-bond acceptors (Lipinski definition) is 23. The van der Waals surface area contributed by atoms with E-state index < -0.39 is 11.6 Å². The summed E-state index contributed by atoms with van der Waals surface area (Å²) in [5, 5.41) is 19.9. The summed E-state index contributed by atoms with van der Waals surface area (Å²) in [5.41, 5.74) is 12.2. The highest BCUT2D eigenvalue weighted by Gasteiger charge is 2.37. The second-order valence-corrected chi connectivity index (χ2v) is 33.5. The van der Waals surface area contributed by atoms with E-state index in [1.54, 1.807) is 14.7 Å². The van der Waals surface area contributed by atoms with Crippen molar-refractivity contribution < 1.29 is 110 Å². The van der Waals surface area contributed by atoms with Crippen LogP contribution in [0.3, 0.4) is 0 Å². The molecule has 750 valence electrons. The number of rotatable bonds is 63. The van der Waals surface area contributed by atoms with Gasteiger partial charge < -0.3 is 113 Å². The number of hydrogen-bond donors (Lipinski definition) is 7. The molecule has 0 saturated carbocycles.